The molecule has 0 N–H and O–H groups in total. The van der Waals surface area contributed by atoms with E-state index in [1.165, 1.54) is 6.42 Å². The van der Waals surface area contributed by atoms with Crippen molar-refractivity contribution < 1.29 is 4.79 Å². The molecule has 0 atom stereocenters. The van der Waals surface area contributed by atoms with Crippen LogP contribution in [0.25, 0.3) is 0 Å². The molecule has 0 aliphatic carbocycles. The highest BCUT2D eigenvalue weighted by Gasteiger charge is 2.31. The second-order valence-electron chi connectivity index (χ2n) is 5.62. The summed E-state index contributed by atoms with van der Waals surface area (Å²) in [5.74, 6) is 0.0269. The van der Waals surface area contributed by atoms with E-state index in [2.05, 4.69) is 26.5 Å². The fraction of sp³-hybridized carbons (Fsp3) is 0.533. The third-order valence-electron chi connectivity index (χ3n) is 4.29. The number of piperidine rings is 1. The lowest BCUT2D eigenvalue weighted by molar-refractivity contribution is 0.0600. The van der Waals surface area contributed by atoms with Crippen molar-refractivity contribution in [2.24, 2.45) is 5.41 Å². The Morgan fingerprint density at radius 3 is 2.63 bits per heavy atom. The van der Waals surface area contributed by atoms with Crippen molar-refractivity contribution in [1.29, 1.82) is 0 Å². The third kappa shape index (κ3) is 3.26. The number of nitrogens with zero attached hydrogens (tertiary/aromatic N) is 1. The van der Waals surface area contributed by atoms with Crippen LogP contribution in [0.2, 0.25) is 5.02 Å². The van der Waals surface area contributed by atoms with E-state index in [0.717, 1.165) is 30.8 Å². The minimum Gasteiger partial charge on any atom is -0.339 e. The first-order chi connectivity index (χ1) is 8.95. The average molecular weight is 298 g/mol. The Labute approximate surface area is 125 Å². The highest BCUT2D eigenvalue weighted by Crippen LogP contribution is 2.34. The monoisotopic (exact) mass is 297 g/mol. The van der Waals surface area contributed by atoms with E-state index in [1.807, 2.05) is 4.90 Å². The van der Waals surface area contributed by atoms with Crippen molar-refractivity contribution in [3.63, 3.8) is 0 Å². The molecule has 104 valence electrons. The minimum absolute atomic E-state index is 0.0269. The first-order valence-electron chi connectivity index (χ1n) is 6.73. The van der Waals surface area contributed by atoms with Crippen LogP contribution in [-0.4, -0.2) is 23.9 Å². The van der Waals surface area contributed by atoms with Crippen LogP contribution in [0, 0.1) is 5.41 Å². The van der Waals surface area contributed by atoms with Crippen LogP contribution in [0.15, 0.2) is 23.1 Å². The molecule has 1 heterocycles. The summed E-state index contributed by atoms with van der Waals surface area (Å²) in [5, 5.41) is 0.506. The fourth-order valence-corrected chi connectivity index (χ4v) is 2.85. The Bertz CT molecular complexity index is 481. The minimum atomic E-state index is 0.0269. The summed E-state index contributed by atoms with van der Waals surface area (Å²) in [5.41, 5.74) is 0.945. The summed E-state index contributed by atoms with van der Waals surface area (Å²) in [6, 6.07) is 5.28. The Kier molecular flexibility index (Phi) is 4.46. The maximum Gasteiger partial charge on any atom is 0.255 e. The van der Waals surface area contributed by atoms with Gasteiger partial charge in [-0.15, -0.1) is 12.6 Å². The van der Waals surface area contributed by atoms with Gasteiger partial charge in [0.2, 0.25) is 0 Å². The molecule has 2 nitrogen and oxygen atoms in total. The van der Waals surface area contributed by atoms with Crippen LogP contribution in [0.5, 0.6) is 0 Å². The Hall–Kier alpha value is -0.670. The molecule has 1 amide bonds. The number of carbonyl (C=O) groups excluding carboxylic acids is 1. The average Bonchev–Trinajstić information content (AvgIpc) is 2.42. The summed E-state index contributed by atoms with van der Waals surface area (Å²) in [6.45, 7) is 6.15. The van der Waals surface area contributed by atoms with E-state index in [4.69, 9.17) is 11.6 Å². The predicted molar refractivity (Wildman–Crippen MR) is 82.2 cm³/mol. The molecule has 1 saturated heterocycles. The number of halogens is 1. The summed E-state index contributed by atoms with van der Waals surface area (Å²) >= 11 is 10.4. The zero-order chi connectivity index (χ0) is 14.0. The molecule has 0 saturated carbocycles. The van der Waals surface area contributed by atoms with Gasteiger partial charge in [0.15, 0.2) is 0 Å². The number of benzene rings is 1. The van der Waals surface area contributed by atoms with Gasteiger partial charge in [-0.05, 0) is 36.5 Å². The fourth-order valence-electron chi connectivity index (χ4n) is 2.45. The molecule has 1 aliphatic heterocycles. The zero-order valence-corrected chi connectivity index (χ0v) is 13.1. The molecule has 0 aromatic heterocycles. The molecule has 2 rings (SSSR count). The predicted octanol–water partition coefficient (Wildman–Crippen LogP) is 4.28. The summed E-state index contributed by atoms with van der Waals surface area (Å²) in [6.07, 6.45) is 3.29. The van der Waals surface area contributed by atoms with Gasteiger partial charge in [-0.3, -0.25) is 4.79 Å². The van der Waals surface area contributed by atoms with Crippen LogP contribution in [0.1, 0.15) is 43.5 Å². The molecule has 0 bridgehead atoms. The van der Waals surface area contributed by atoms with E-state index < -0.39 is 0 Å². The van der Waals surface area contributed by atoms with Crippen molar-refractivity contribution in [3.8, 4) is 0 Å². The van der Waals surface area contributed by atoms with Gasteiger partial charge in [-0.2, -0.15) is 0 Å². The van der Waals surface area contributed by atoms with E-state index in [-0.39, 0.29) is 5.91 Å². The lowest BCUT2D eigenvalue weighted by atomic mass is 9.78. The molecule has 1 aromatic rings. The number of hydrogen-bond donors (Lipinski definition) is 1. The molecule has 0 radical (unpaired) electrons. The van der Waals surface area contributed by atoms with Gasteiger partial charge in [0, 0.05) is 18.0 Å². The van der Waals surface area contributed by atoms with Crippen LogP contribution < -0.4 is 0 Å². The van der Waals surface area contributed by atoms with Gasteiger partial charge < -0.3 is 4.90 Å². The topological polar surface area (TPSA) is 20.3 Å². The van der Waals surface area contributed by atoms with Crippen LogP contribution in [0.3, 0.4) is 0 Å². The van der Waals surface area contributed by atoms with Crippen molar-refractivity contribution >= 4 is 30.1 Å². The van der Waals surface area contributed by atoms with Gasteiger partial charge in [-0.25, -0.2) is 0 Å². The van der Waals surface area contributed by atoms with Gasteiger partial charge >= 0.3 is 0 Å². The molecule has 4 heteroatoms. The molecule has 1 aliphatic rings. The summed E-state index contributed by atoms with van der Waals surface area (Å²) in [4.78, 5) is 15.2. The Morgan fingerprint density at radius 1 is 1.42 bits per heavy atom. The summed E-state index contributed by atoms with van der Waals surface area (Å²) < 4.78 is 0. The maximum atomic E-state index is 12.5. The lowest BCUT2D eigenvalue weighted by Crippen LogP contribution is -2.42. The highest BCUT2D eigenvalue weighted by molar-refractivity contribution is 7.80. The molecule has 19 heavy (non-hydrogen) atoms. The van der Waals surface area contributed by atoms with E-state index in [1.54, 1.807) is 18.2 Å². The first-order valence-corrected chi connectivity index (χ1v) is 7.55. The van der Waals surface area contributed by atoms with E-state index in [9.17, 15) is 4.79 Å². The largest absolute Gasteiger partial charge is 0.339 e. The van der Waals surface area contributed by atoms with E-state index in [0.29, 0.717) is 16.0 Å². The second-order valence-corrected chi connectivity index (χ2v) is 6.54. The molecule has 0 spiro atoms. The van der Waals surface area contributed by atoms with Crippen molar-refractivity contribution in [2.75, 3.05) is 13.1 Å². The normalized spacial score (nSPS) is 18.4. The Morgan fingerprint density at radius 2 is 2.05 bits per heavy atom. The van der Waals surface area contributed by atoms with Gasteiger partial charge in [0.05, 0.1) is 10.6 Å². The Balaban J connectivity index is 2.11. The lowest BCUT2D eigenvalue weighted by Gasteiger charge is -2.39. The highest BCUT2D eigenvalue weighted by atomic mass is 35.5. The quantitative estimate of drug-likeness (QED) is 0.808. The number of thiol groups is 1. The number of rotatable bonds is 2. The maximum absolute atomic E-state index is 12.5. The number of amides is 1. The number of hydrogen-bond acceptors (Lipinski definition) is 2. The molecule has 1 fully saturated rings. The summed E-state index contributed by atoms with van der Waals surface area (Å²) in [7, 11) is 0. The molecular formula is C15H20ClNOS. The van der Waals surface area contributed by atoms with Crippen LogP contribution in [0.4, 0.5) is 0 Å². The van der Waals surface area contributed by atoms with Gasteiger partial charge in [0.1, 0.15) is 0 Å². The van der Waals surface area contributed by atoms with Crippen LogP contribution in [-0.2, 0) is 0 Å². The van der Waals surface area contributed by atoms with Crippen molar-refractivity contribution in [1.82, 2.24) is 4.90 Å². The molecule has 0 unspecified atom stereocenters. The third-order valence-corrected chi connectivity index (χ3v) is 4.90. The number of carbonyl (C=O) groups is 1. The van der Waals surface area contributed by atoms with E-state index >= 15 is 0 Å². The van der Waals surface area contributed by atoms with Gasteiger partial charge in [-0.1, -0.05) is 31.9 Å². The SMILES string of the molecule is CCC1(C)CCN(C(=O)c2cc(S)ccc2Cl)CC1. The molecule has 1 aromatic carbocycles. The number of likely N-dealkylation sites (tertiary alicyclic amines) is 1. The second kappa shape index (κ2) is 5.76. The standard InChI is InChI=1S/C15H20ClNOS/c1-3-15(2)6-8-17(9-7-15)14(18)12-10-11(19)4-5-13(12)16/h4-5,10,19H,3,6-9H2,1-2H3. The zero-order valence-electron chi connectivity index (χ0n) is 11.4. The van der Waals surface area contributed by atoms with Crippen molar-refractivity contribution in [2.45, 2.75) is 38.0 Å². The van der Waals surface area contributed by atoms with Gasteiger partial charge in [0.25, 0.3) is 5.91 Å². The smallest absolute Gasteiger partial charge is 0.255 e. The van der Waals surface area contributed by atoms with Crippen LogP contribution >= 0.6 is 24.2 Å². The first kappa shape index (κ1) is 14.7. The molecular weight excluding hydrogens is 278 g/mol. The van der Waals surface area contributed by atoms with Crippen molar-refractivity contribution in [3.05, 3.63) is 28.8 Å².